The lowest BCUT2D eigenvalue weighted by molar-refractivity contribution is 0.0890. The molecule has 0 spiro atoms. The Morgan fingerprint density at radius 1 is 1.10 bits per heavy atom. The molecule has 0 bridgehead atoms. The van der Waals surface area contributed by atoms with Crippen LogP contribution in [-0.4, -0.2) is 48.0 Å². The number of hydrogen-bond acceptors (Lipinski definition) is 5. The summed E-state index contributed by atoms with van der Waals surface area (Å²) in [6, 6.07) is 14.6. The molecule has 0 unspecified atom stereocenters. The third-order valence-electron chi connectivity index (χ3n) is 5.49. The Bertz CT molecular complexity index is 958. The summed E-state index contributed by atoms with van der Waals surface area (Å²) in [5.74, 6) is -0.306. The Hall–Kier alpha value is -2.77. The second-order valence-corrected chi connectivity index (χ2v) is 8.42. The van der Waals surface area contributed by atoms with Crippen LogP contribution < -0.4 is 10.2 Å². The normalized spacial score (nSPS) is 16.8. The monoisotopic (exact) mass is 424 g/mol. The van der Waals surface area contributed by atoms with Crippen LogP contribution in [0.4, 0.5) is 10.1 Å². The average molecular weight is 425 g/mol. The summed E-state index contributed by atoms with van der Waals surface area (Å²) in [7, 11) is 0. The summed E-state index contributed by atoms with van der Waals surface area (Å²) < 4.78 is 14.2. The molecule has 1 aliphatic rings. The molecule has 1 amide bonds. The predicted molar refractivity (Wildman–Crippen MR) is 118 cm³/mol. The maximum Gasteiger partial charge on any atom is 0.253 e. The predicted octanol–water partition coefficient (Wildman–Crippen LogP) is 3.96. The van der Waals surface area contributed by atoms with Crippen LogP contribution in [0.25, 0.3) is 0 Å². The molecule has 1 saturated heterocycles. The van der Waals surface area contributed by atoms with Gasteiger partial charge in [-0.2, -0.15) is 0 Å². The summed E-state index contributed by atoms with van der Waals surface area (Å²) in [6.07, 6.45) is 3.24. The first-order chi connectivity index (χ1) is 14.6. The van der Waals surface area contributed by atoms with Crippen LogP contribution >= 0.6 is 11.3 Å². The van der Waals surface area contributed by atoms with E-state index < -0.39 is 0 Å². The number of halogens is 1. The van der Waals surface area contributed by atoms with Crippen LogP contribution in [0.1, 0.15) is 28.2 Å². The average Bonchev–Trinajstić information content (AvgIpc) is 3.30. The second kappa shape index (κ2) is 9.36. The Balaban J connectivity index is 1.47. The van der Waals surface area contributed by atoms with Crippen molar-refractivity contribution in [1.29, 1.82) is 0 Å². The smallest absolute Gasteiger partial charge is 0.253 e. The number of thiophene rings is 1. The lowest BCUT2D eigenvalue weighted by atomic mass is 10.0. The first-order valence-electron chi connectivity index (χ1n) is 10.1. The zero-order valence-corrected chi connectivity index (χ0v) is 17.7. The minimum atomic E-state index is -0.183. The molecule has 2 atom stereocenters. The van der Waals surface area contributed by atoms with Gasteiger partial charge in [-0.15, -0.1) is 11.3 Å². The third kappa shape index (κ3) is 4.52. The van der Waals surface area contributed by atoms with Crippen molar-refractivity contribution in [3.63, 3.8) is 0 Å². The number of pyridine rings is 1. The Labute approximate surface area is 180 Å². The number of rotatable bonds is 6. The highest BCUT2D eigenvalue weighted by Crippen LogP contribution is 2.30. The molecule has 3 aromatic rings. The molecule has 0 aliphatic carbocycles. The van der Waals surface area contributed by atoms with E-state index in [1.165, 1.54) is 10.9 Å². The highest BCUT2D eigenvalue weighted by atomic mass is 32.1. The van der Waals surface area contributed by atoms with Gasteiger partial charge in [-0.3, -0.25) is 14.7 Å². The van der Waals surface area contributed by atoms with Crippen molar-refractivity contribution >= 4 is 22.9 Å². The lowest BCUT2D eigenvalue weighted by Crippen LogP contribution is -2.52. The minimum absolute atomic E-state index is 0.0633. The molecular weight excluding hydrogens is 399 g/mol. The first-order valence-corrected chi connectivity index (χ1v) is 11.0. The van der Waals surface area contributed by atoms with Crippen molar-refractivity contribution in [2.24, 2.45) is 0 Å². The van der Waals surface area contributed by atoms with E-state index in [9.17, 15) is 9.18 Å². The molecule has 5 nitrogen and oxygen atoms in total. The Morgan fingerprint density at radius 3 is 2.57 bits per heavy atom. The van der Waals surface area contributed by atoms with Crippen molar-refractivity contribution in [2.75, 3.05) is 31.1 Å². The topological polar surface area (TPSA) is 48.5 Å². The van der Waals surface area contributed by atoms with E-state index in [2.05, 4.69) is 31.5 Å². The van der Waals surface area contributed by atoms with Gasteiger partial charge in [0.1, 0.15) is 5.82 Å². The van der Waals surface area contributed by atoms with Crippen LogP contribution in [0.3, 0.4) is 0 Å². The Morgan fingerprint density at radius 2 is 1.90 bits per heavy atom. The van der Waals surface area contributed by atoms with Gasteiger partial charge in [-0.05, 0) is 42.6 Å². The molecule has 1 N–H and O–H groups in total. The summed E-state index contributed by atoms with van der Waals surface area (Å²) in [5, 5.41) is 5.21. The molecule has 0 saturated carbocycles. The number of anilines is 1. The molecule has 2 aromatic heterocycles. The molecule has 156 valence electrons. The fourth-order valence-electron chi connectivity index (χ4n) is 4.02. The summed E-state index contributed by atoms with van der Waals surface area (Å²) >= 11 is 1.70. The molecule has 1 fully saturated rings. The number of carbonyl (C=O) groups is 1. The van der Waals surface area contributed by atoms with E-state index in [4.69, 9.17) is 0 Å². The third-order valence-corrected chi connectivity index (χ3v) is 6.43. The summed E-state index contributed by atoms with van der Waals surface area (Å²) in [6.45, 7) is 5.12. The number of nitrogens with one attached hydrogen (secondary N) is 1. The van der Waals surface area contributed by atoms with Crippen molar-refractivity contribution in [3.05, 3.63) is 82.6 Å². The van der Waals surface area contributed by atoms with Crippen molar-refractivity contribution in [1.82, 2.24) is 15.2 Å². The number of carbonyl (C=O) groups excluding carboxylic acids is 1. The van der Waals surface area contributed by atoms with Gasteiger partial charge in [0.2, 0.25) is 0 Å². The van der Waals surface area contributed by atoms with Gasteiger partial charge >= 0.3 is 0 Å². The second-order valence-electron chi connectivity index (χ2n) is 7.44. The van der Waals surface area contributed by atoms with E-state index in [1.54, 1.807) is 41.9 Å². The number of benzene rings is 1. The maximum absolute atomic E-state index is 14.2. The number of para-hydroxylation sites is 1. The number of hydrogen-bond donors (Lipinski definition) is 1. The molecule has 0 radical (unpaired) electrons. The molecule has 3 heterocycles. The van der Waals surface area contributed by atoms with Crippen LogP contribution in [0.5, 0.6) is 0 Å². The van der Waals surface area contributed by atoms with Gasteiger partial charge in [0.15, 0.2) is 0 Å². The van der Waals surface area contributed by atoms with Crippen LogP contribution in [0.2, 0.25) is 0 Å². The molecule has 7 heteroatoms. The van der Waals surface area contributed by atoms with Gasteiger partial charge in [-0.1, -0.05) is 18.2 Å². The number of amides is 1. The van der Waals surface area contributed by atoms with Crippen LogP contribution in [-0.2, 0) is 0 Å². The van der Waals surface area contributed by atoms with Gasteiger partial charge < -0.3 is 10.2 Å². The van der Waals surface area contributed by atoms with E-state index in [-0.39, 0.29) is 23.8 Å². The summed E-state index contributed by atoms with van der Waals surface area (Å²) in [5.41, 5.74) is 1.21. The van der Waals surface area contributed by atoms with E-state index in [1.807, 2.05) is 25.1 Å². The molecular formula is C23H25FN4OS. The standard InChI is InChI=1S/C23H25FN4OS/c1-17(26-23(29)18-6-4-10-25-16-18)22(21-9-5-15-30-21)28-13-11-27(12-14-28)20-8-3-2-7-19(20)24/h2-10,15-17,22H,11-14H2,1H3,(H,26,29)/t17-,22+/m1/s1. The number of aromatic nitrogens is 1. The number of piperazine rings is 1. The molecule has 30 heavy (non-hydrogen) atoms. The van der Waals surface area contributed by atoms with Gasteiger partial charge in [0, 0.05) is 49.5 Å². The molecule has 1 aromatic carbocycles. The van der Waals surface area contributed by atoms with Crippen molar-refractivity contribution in [3.8, 4) is 0 Å². The quantitative estimate of drug-likeness (QED) is 0.651. The fourth-order valence-corrected chi connectivity index (χ4v) is 4.98. The fraction of sp³-hybridized carbons (Fsp3) is 0.304. The Kier molecular flexibility index (Phi) is 6.40. The van der Waals surface area contributed by atoms with Crippen molar-refractivity contribution < 1.29 is 9.18 Å². The largest absolute Gasteiger partial charge is 0.367 e. The van der Waals surface area contributed by atoms with E-state index in [0.717, 1.165) is 26.2 Å². The lowest BCUT2D eigenvalue weighted by Gasteiger charge is -2.42. The summed E-state index contributed by atoms with van der Waals surface area (Å²) in [4.78, 5) is 22.4. The minimum Gasteiger partial charge on any atom is -0.367 e. The number of nitrogens with zero attached hydrogens (tertiary/aromatic N) is 3. The SMILES string of the molecule is C[C@@H](NC(=O)c1cccnc1)[C@@H](c1cccs1)N1CCN(c2ccccc2F)CC1. The van der Waals surface area contributed by atoms with E-state index in [0.29, 0.717) is 11.3 Å². The van der Waals surface area contributed by atoms with Gasteiger partial charge in [-0.25, -0.2) is 4.39 Å². The van der Waals surface area contributed by atoms with Crippen LogP contribution in [0.15, 0.2) is 66.3 Å². The first kappa shape index (κ1) is 20.5. The molecule has 1 aliphatic heterocycles. The zero-order valence-electron chi connectivity index (χ0n) is 16.9. The van der Waals surface area contributed by atoms with E-state index >= 15 is 0 Å². The molecule has 4 rings (SSSR count). The van der Waals surface area contributed by atoms with Crippen molar-refractivity contribution in [2.45, 2.75) is 19.0 Å². The van der Waals surface area contributed by atoms with Gasteiger partial charge in [0.05, 0.1) is 17.3 Å². The maximum atomic E-state index is 14.2. The van der Waals surface area contributed by atoms with Gasteiger partial charge in [0.25, 0.3) is 5.91 Å². The van der Waals surface area contributed by atoms with Crippen LogP contribution in [0, 0.1) is 5.82 Å². The zero-order chi connectivity index (χ0) is 20.9. The highest BCUT2D eigenvalue weighted by Gasteiger charge is 2.31. The highest BCUT2D eigenvalue weighted by molar-refractivity contribution is 7.10.